The number of nitrogens with zero attached hydrogens (tertiary/aromatic N) is 2. The summed E-state index contributed by atoms with van der Waals surface area (Å²) in [6, 6.07) is 10.4. The molecule has 3 aromatic rings. The summed E-state index contributed by atoms with van der Waals surface area (Å²) in [7, 11) is 0. The second-order valence-corrected chi connectivity index (χ2v) is 7.10. The van der Waals surface area contributed by atoms with Gasteiger partial charge in [0.25, 0.3) is 5.56 Å². The molecule has 0 fully saturated rings. The van der Waals surface area contributed by atoms with E-state index in [-0.39, 0.29) is 11.3 Å². The highest BCUT2D eigenvalue weighted by Crippen LogP contribution is 2.21. The molecule has 0 saturated carbocycles. The second-order valence-electron chi connectivity index (χ2n) is 6.16. The van der Waals surface area contributed by atoms with E-state index >= 15 is 0 Å². The van der Waals surface area contributed by atoms with Gasteiger partial charge in [-0.2, -0.15) is 0 Å². The van der Waals surface area contributed by atoms with Crippen LogP contribution in [0.15, 0.2) is 52.4 Å². The first kappa shape index (κ1) is 20.0. The molecule has 3 rings (SSSR count). The Hall–Kier alpha value is -2.74. The van der Waals surface area contributed by atoms with Crippen LogP contribution in [-0.2, 0) is 11.3 Å². The number of rotatable bonds is 7. The molecular formula is C20H19F2N3O2S. The van der Waals surface area contributed by atoms with E-state index in [1.165, 1.54) is 6.07 Å². The SMILES string of the molecule is CCCCn1c(SCC(=O)Nc2c(F)cccc2F)nc2ccccc2c1=O. The average molecular weight is 403 g/mol. The lowest BCUT2D eigenvalue weighted by Crippen LogP contribution is -2.24. The van der Waals surface area contributed by atoms with Gasteiger partial charge in [-0.1, -0.05) is 43.3 Å². The standard InChI is InChI=1S/C20H19F2N3O2S/c1-2-3-11-25-19(27)13-7-4-5-10-16(13)23-20(25)28-12-17(26)24-18-14(21)8-6-9-15(18)22/h4-10H,2-3,11-12H2,1H3,(H,24,26). The molecule has 0 unspecified atom stereocenters. The molecular weight excluding hydrogens is 384 g/mol. The third-order valence-electron chi connectivity index (χ3n) is 4.12. The van der Waals surface area contributed by atoms with Crippen LogP contribution in [0.2, 0.25) is 0 Å². The molecule has 0 spiro atoms. The van der Waals surface area contributed by atoms with Crippen molar-refractivity contribution in [3.05, 3.63) is 64.5 Å². The van der Waals surface area contributed by atoms with Crippen LogP contribution in [-0.4, -0.2) is 21.2 Å². The largest absolute Gasteiger partial charge is 0.320 e. The van der Waals surface area contributed by atoms with Gasteiger partial charge in [0.05, 0.1) is 16.7 Å². The van der Waals surface area contributed by atoms with Gasteiger partial charge in [-0.3, -0.25) is 14.2 Å². The molecule has 0 atom stereocenters. The van der Waals surface area contributed by atoms with Gasteiger partial charge in [0.2, 0.25) is 5.91 Å². The maximum absolute atomic E-state index is 13.7. The van der Waals surface area contributed by atoms with E-state index in [0.717, 1.165) is 36.7 Å². The molecule has 1 heterocycles. The third kappa shape index (κ3) is 4.39. The second kappa shape index (κ2) is 8.97. The molecule has 0 saturated heterocycles. The fourth-order valence-electron chi connectivity index (χ4n) is 2.69. The van der Waals surface area contributed by atoms with Crippen LogP contribution in [0.1, 0.15) is 19.8 Å². The molecule has 146 valence electrons. The van der Waals surface area contributed by atoms with Crippen molar-refractivity contribution in [3.63, 3.8) is 0 Å². The quantitative estimate of drug-likeness (QED) is 0.474. The third-order valence-corrected chi connectivity index (χ3v) is 5.10. The summed E-state index contributed by atoms with van der Waals surface area (Å²) < 4.78 is 28.9. The highest BCUT2D eigenvalue weighted by Gasteiger charge is 2.15. The number of amides is 1. The highest BCUT2D eigenvalue weighted by molar-refractivity contribution is 7.99. The van der Waals surface area contributed by atoms with Gasteiger partial charge in [0, 0.05) is 6.54 Å². The Bertz CT molecular complexity index is 1050. The van der Waals surface area contributed by atoms with Gasteiger partial charge < -0.3 is 5.32 Å². The summed E-state index contributed by atoms with van der Waals surface area (Å²) in [4.78, 5) is 29.5. The molecule has 0 bridgehead atoms. The van der Waals surface area contributed by atoms with Gasteiger partial charge in [0.1, 0.15) is 17.3 Å². The first-order chi connectivity index (χ1) is 13.5. The highest BCUT2D eigenvalue weighted by atomic mass is 32.2. The van der Waals surface area contributed by atoms with Crippen molar-refractivity contribution in [2.45, 2.75) is 31.5 Å². The lowest BCUT2D eigenvalue weighted by molar-refractivity contribution is -0.113. The lowest BCUT2D eigenvalue weighted by Gasteiger charge is -2.13. The fraction of sp³-hybridized carbons (Fsp3) is 0.250. The van der Waals surface area contributed by atoms with Gasteiger partial charge in [-0.15, -0.1) is 0 Å². The summed E-state index contributed by atoms with van der Waals surface area (Å²) in [6.07, 6.45) is 1.69. The van der Waals surface area contributed by atoms with Gasteiger partial charge in [-0.05, 0) is 30.7 Å². The predicted octanol–water partition coefficient (Wildman–Crippen LogP) is 4.21. The Labute approximate surface area is 164 Å². The number of aromatic nitrogens is 2. The first-order valence-electron chi connectivity index (χ1n) is 8.87. The zero-order valence-electron chi connectivity index (χ0n) is 15.2. The number of hydrogen-bond donors (Lipinski definition) is 1. The Balaban J connectivity index is 1.83. The van der Waals surface area contributed by atoms with E-state index < -0.39 is 23.2 Å². The minimum absolute atomic E-state index is 0.134. The van der Waals surface area contributed by atoms with Crippen LogP contribution in [0.4, 0.5) is 14.5 Å². The summed E-state index contributed by atoms with van der Waals surface area (Å²) >= 11 is 1.06. The number of carbonyl (C=O) groups excluding carboxylic acids is 1. The number of hydrogen-bond acceptors (Lipinski definition) is 4. The minimum atomic E-state index is -0.845. The Morgan fingerprint density at radius 1 is 1.14 bits per heavy atom. The first-order valence-corrected chi connectivity index (χ1v) is 9.86. The topological polar surface area (TPSA) is 64.0 Å². The number of nitrogens with one attached hydrogen (secondary N) is 1. The van der Waals surface area contributed by atoms with Crippen molar-refractivity contribution in [1.82, 2.24) is 9.55 Å². The van der Waals surface area contributed by atoms with E-state index in [1.807, 2.05) is 6.92 Å². The van der Waals surface area contributed by atoms with Crippen LogP contribution in [0.3, 0.4) is 0 Å². The number of thioether (sulfide) groups is 1. The summed E-state index contributed by atoms with van der Waals surface area (Å²) in [5, 5.41) is 3.16. The van der Waals surface area contributed by atoms with Crippen molar-refractivity contribution < 1.29 is 13.6 Å². The minimum Gasteiger partial charge on any atom is -0.320 e. The molecule has 0 aliphatic rings. The summed E-state index contributed by atoms with van der Waals surface area (Å²) in [5.74, 6) is -2.41. The van der Waals surface area contributed by atoms with Crippen molar-refractivity contribution in [1.29, 1.82) is 0 Å². The molecule has 28 heavy (non-hydrogen) atoms. The molecule has 1 aromatic heterocycles. The molecule has 1 N–H and O–H groups in total. The van der Waals surface area contributed by atoms with Gasteiger partial charge >= 0.3 is 0 Å². The zero-order valence-corrected chi connectivity index (χ0v) is 16.1. The average Bonchev–Trinajstić information content (AvgIpc) is 2.69. The Morgan fingerprint density at radius 3 is 2.57 bits per heavy atom. The zero-order chi connectivity index (χ0) is 20.1. The van der Waals surface area contributed by atoms with E-state index in [4.69, 9.17) is 0 Å². The van der Waals surface area contributed by atoms with Crippen LogP contribution < -0.4 is 10.9 Å². The lowest BCUT2D eigenvalue weighted by atomic mass is 10.2. The number of anilines is 1. The van der Waals surface area contributed by atoms with Gasteiger partial charge in [-0.25, -0.2) is 13.8 Å². The molecule has 8 heteroatoms. The number of fused-ring (bicyclic) bond motifs is 1. The monoisotopic (exact) mass is 403 g/mol. The van der Waals surface area contributed by atoms with E-state index in [0.29, 0.717) is 22.6 Å². The van der Waals surface area contributed by atoms with Gasteiger partial charge in [0.15, 0.2) is 5.16 Å². The molecule has 0 aliphatic heterocycles. The van der Waals surface area contributed by atoms with Crippen LogP contribution in [0.25, 0.3) is 10.9 Å². The Kier molecular flexibility index (Phi) is 6.41. The van der Waals surface area contributed by atoms with E-state index in [2.05, 4.69) is 10.3 Å². The van der Waals surface area contributed by atoms with E-state index in [1.54, 1.807) is 28.8 Å². The maximum atomic E-state index is 13.7. The van der Waals surface area contributed by atoms with Crippen LogP contribution >= 0.6 is 11.8 Å². The number of unbranched alkanes of at least 4 members (excludes halogenated alkanes) is 1. The molecule has 5 nitrogen and oxygen atoms in total. The normalized spacial score (nSPS) is 11.0. The number of para-hydroxylation sites is 2. The molecule has 0 aliphatic carbocycles. The number of halogens is 2. The van der Waals surface area contributed by atoms with Crippen molar-refractivity contribution in [2.75, 3.05) is 11.1 Å². The predicted molar refractivity (Wildman–Crippen MR) is 107 cm³/mol. The van der Waals surface area contributed by atoms with Crippen LogP contribution in [0.5, 0.6) is 0 Å². The Morgan fingerprint density at radius 2 is 1.86 bits per heavy atom. The molecule has 2 aromatic carbocycles. The van der Waals surface area contributed by atoms with Crippen molar-refractivity contribution >= 4 is 34.3 Å². The fourth-order valence-corrected chi connectivity index (χ4v) is 3.52. The van der Waals surface area contributed by atoms with Crippen molar-refractivity contribution in [2.24, 2.45) is 0 Å². The number of carbonyl (C=O) groups is 1. The van der Waals surface area contributed by atoms with Crippen LogP contribution in [0, 0.1) is 11.6 Å². The molecule has 1 amide bonds. The maximum Gasteiger partial charge on any atom is 0.262 e. The summed E-state index contributed by atoms with van der Waals surface area (Å²) in [6.45, 7) is 2.50. The molecule has 0 radical (unpaired) electrons. The van der Waals surface area contributed by atoms with Crippen molar-refractivity contribution in [3.8, 4) is 0 Å². The summed E-state index contributed by atoms with van der Waals surface area (Å²) in [5.41, 5.74) is -0.103. The number of benzene rings is 2. The van der Waals surface area contributed by atoms with E-state index in [9.17, 15) is 18.4 Å². The smallest absolute Gasteiger partial charge is 0.262 e.